The highest BCUT2D eigenvalue weighted by Crippen LogP contribution is 2.05. The molecule has 52 valence electrons. The monoisotopic (exact) mass is 132 g/mol. The Balaban J connectivity index is 2.44. The summed E-state index contributed by atoms with van der Waals surface area (Å²) in [7, 11) is 0. The Bertz CT molecular complexity index is 122. The molecule has 4 heteroatoms. The molecule has 0 aliphatic carbocycles. The van der Waals surface area contributed by atoms with E-state index < -0.39 is 18.4 Å². The van der Waals surface area contributed by atoms with Crippen LogP contribution >= 0.6 is 0 Å². The van der Waals surface area contributed by atoms with E-state index in [1.165, 1.54) is 6.92 Å². The van der Waals surface area contributed by atoms with Crippen molar-refractivity contribution in [2.24, 2.45) is 0 Å². The zero-order valence-corrected chi connectivity index (χ0v) is 5.03. The van der Waals surface area contributed by atoms with E-state index >= 15 is 0 Å². The lowest BCUT2D eigenvalue weighted by molar-refractivity contribution is -0.217. The first-order chi connectivity index (χ1) is 4.20. The Kier molecular flexibility index (Phi) is 1.68. The summed E-state index contributed by atoms with van der Waals surface area (Å²) < 4.78 is 9.17. The molecule has 1 unspecified atom stereocenters. The van der Waals surface area contributed by atoms with Gasteiger partial charge >= 0.3 is 5.97 Å². The fourth-order valence-electron chi connectivity index (χ4n) is 0.601. The number of cyclic esters (lactones) is 1. The zero-order valence-electron chi connectivity index (χ0n) is 5.03. The van der Waals surface area contributed by atoms with Crippen LogP contribution in [0.1, 0.15) is 6.92 Å². The fourth-order valence-corrected chi connectivity index (χ4v) is 0.601. The molecule has 1 rings (SSSR count). The number of aliphatic hydroxyl groups excluding tert-OH is 1. The summed E-state index contributed by atoms with van der Waals surface area (Å²) in [6.45, 7) is 1.48. The third-order valence-corrected chi connectivity index (χ3v) is 1.06. The number of carbonyl (C=O) groups excluding carboxylic acids is 1. The van der Waals surface area contributed by atoms with Crippen molar-refractivity contribution in [3.63, 3.8) is 0 Å². The maximum atomic E-state index is 10.5. The normalized spacial score (nSPS) is 36.0. The van der Waals surface area contributed by atoms with E-state index in [1.54, 1.807) is 0 Å². The standard InChI is InChI=1S/C5H8O4/c1-3-5(7)8-2-4(6)9-3/h3-4,6H,2H2,1H3/t3-,4?/m0/s1. The predicted molar refractivity (Wildman–Crippen MR) is 27.5 cm³/mol. The first-order valence-corrected chi connectivity index (χ1v) is 2.70. The van der Waals surface area contributed by atoms with Crippen molar-refractivity contribution in [1.29, 1.82) is 0 Å². The molecule has 1 heterocycles. The summed E-state index contributed by atoms with van der Waals surface area (Å²) in [5.41, 5.74) is 0. The fraction of sp³-hybridized carbons (Fsp3) is 0.800. The summed E-state index contributed by atoms with van der Waals surface area (Å²) in [6, 6.07) is 0. The molecular formula is C5H8O4. The van der Waals surface area contributed by atoms with Gasteiger partial charge < -0.3 is 14.6 Å². The Morgan fingerprint density at radius 3 is 2.89 bits per heavy atom. The Morgan fingerprint density at radius 1 is 1.78 bits per heavy atom. The van der Waals surface area contributed by atoms with E-state index in [2.05, 4.69) is 9.47 Å². The van der Waals surface area contributed by atoms with Crippen molar-refractivity contribution in [3.8, 4) is 0 Å². The number of hydrogen-bond donors (Lipinski definition) is 1. The predicted octanol–water partition coefficient (Wildman–Crippen LogP) is -0.733. The lowest BCUT2D eigenvalue weighted by Crippen LogP contribution is -2.38. The van der Waals surface area contributed by atoms with Gasteiger partial charge in [-0.2, -0.15) is 0 Å². The van der Waals surface area contributed by atoms with E-state index in [4.69, 9.17) is 5.11 Å². The molecular weight excluding hydrogens is 124 g/mol. The van der Waals surface area contributed by atoms with Gasteiger partial charge in [0.05, 0.1) is 0 Å². The summed E-state index contributed by atoms with van der Waals surface area (Å²) in [5, 5.41) is 8.70. The Labute approximate surface area is 52.4 Å². The van der Waals surface area contributed by atoms with Crippen LogP contribution in [0, 0.1) is 0 Å². The molecule has 0 aromatic carbocycles. The van der Waals surface area contributed by atoms with Gasteiger partial charge in [0.1, 0.15) is 6.61 Å². The van der Waals surface area contributed by atoms with Gasteiger partial charge in [0.2, 0.25) is 0 Å². The first kappa shape index (κ1) is 6.51. The smallest absolute Gasteiger partial charge is 0.335 e. The van der Waals surface area contributed by atoms with Gasteiger partial charge in [-0.3, -0.25) is 0 Å². The third kappa shape index (κ3) is 1.40. The van der Waals surface area contributed by atoms with Gasteiger partial charge in [-0.25, -0.2) is 4.79 Å². The van der Waals surface area contributed by atoms with Crippen molar-refractivity contribution in [3.05, 3.63) is 0 Å². The highest BCUT2D eigenvalue weighted by molar-refractivity contribution is 5.74. The number of rotatable bonds is 0. The quantitative estimate of drug-likeness (QED) is 0.441. The second-order valence-corrected chi connectivity index (χ2v) is 1.86. The highest BCUT2D eigenvalue weighted by Gasteiger charge is 2.25. The lowest BCUT2D eigenvalue weighted by Gasteiger charge is -2.22. The molecule has 1 aliphatic heterocycles. The van der Waals surface area contributed by atoms with Crippen LogP contribution in [0.15, 0.2) is 0 Å². The lowest BCUT2D eigenvalue weighted by atomic mass is 10.4. The van der Waals surface area contributed by atoms with E-state index in [-0.39, 0.29) is 6.61 Å². The third-order valence-electron chi connectivity index (χ3n) is 1.06. The minimum absolute atomic E-state index is 0.0524. The number of ether oxygens (including phenoxy) is 2. The molecule has 0 radical (unpaired) electrons. The van der Waals surface area contributed by atoms with Crippen LogP contribution in [0.25, 0.3) is 0 Å². The summed E-state index contributed by atoms with van der Waals surface area (Å²) in [6.07, 6.45) is -1.58. The van der Waals surface area contributed by atoms with Gasteiger partial charge in [0.25, 0.3) is 0 Å². The van der Waals surface area contributed by atoms with Crippen LogP contribution in [0.2, 0.25) is 0 Å². The number of esters is 1. The molecule has 0 bridgehead atoms. The minimum atomic E-state index is -0.947. The molecule has 0 aromatic heterocycles. The van der Waals surface area contributed by atoms with E-state index in [1.807, 2.05) is 0 Å². The average Bonchev–Trinajstić information content (AvgIpc) is 1.80. The van der Waals surface area contributed by atoms with E-state index in [0.717, 1.165) is 0 Å². The van der Waals surface area contributed by atoms with Crippen molar-refractivity contribution < 1.29 is 19.4 Å². The van der Waals surface area contributed by atoms with Crippen LogP contribution < -0.4 is 0 Å². The van der Waals surface area contributed by atoms with Crippen molar-refractivity contribution in [1.82, 2.24) is 0 Å². The van der Waals surface area contributed by atoms with Crippen molar-refractivity contribution in [2.75, 3.05) is 6.61 Å². The SMILES string of the molecule is C[C@@H]1OC(O)COC1=O. The Morgan fingerprint density at radius 2 is 2.44 bits per heavy atom. The van der Waals surface area contributed by atoms with Crippen LogP contribution in [-0.4, -0.2) is 30.1 Å². The maximum absolute atomic E-state index is 10.5. The summed E-state index contributed by atoms with van der Waals surface area (Å²) in [4.78, 5) is 10.5. The highest BCUT2D eigenvalue weighted by atomic mass is 16.7. The second kappa shape index (κ2) is 2.33. The zero-order chi connectivity index (χ0) is 6.85. The summed E-state index contributed by atoms with van der Waals surface area (Å²) >= 11 is 0. The van der Waals surface area contributed by atoms with Crippen LogP contribution in [0.4, 0.5) is 0 Å². The van der Waals surface area contributed by atoms with Gasteiger partial charge in [0, 0.05) is 0 Å². The van der Waals surface area contributed by atoms with E-state index in [9.17, 15) is 4.79 Å². The first-order valence-electron chi connectivity index (χ1n) is 2.70. The van der Waals surface area contributed by atoms with Crippen LogP contribution in [0.3, 0.4) is 0 Å². The van der Waals surface area contributed by atoms with Crippen molar-refractivity contribution >= 4 is 5.97 Å². The van der Waals surface area contributed by atoms with Gasteiger partial charge in [-0.1, -0.05) is 0 Å². The maximum Gasteiger partial charge on any atom is 0.335 e. The molecule has 0 spiro atoms. The molecule has 1 aliphatic rings. The summed E-state index contributed by atoms with van der Waals surface area (Å²) in [5.74, 6) is -0.416. The molecule has 9 heavy (non-hydrogen) atoms. The number of aliphatic hydroxyl groups is 1. The number of carbonyl (C=O) groups is 1. The Hall–Kier alpha value is -0.610. The molecule has 1 N–H and O–H groups in total. The topological polar surface area (TPSA) is 55.8 Å². The molecule has 2 atom stereocenters. The average molecular weight is 132 g/mol. The van der Waals surface area contributed by atoms with Gasteiger partial charge in [-0.15, -0.1) is 0 Å². The van der Waals surface area contributed by atoms with E-state index in [0.29, 0.717) is 0 Å². The van der Waals surface area contributed by atoms with Gasteiger partial charge in [0.15, 0.2) is 12.4 Å². The number of hydrogen-bond acceptors (Lipinski definition) is 4. The largest absolute Gasteiger partial charge is 0.458 e. The minimum Gasteiger partial charge on any atom is -0.458 e. The van der Waals surface area contributed by atoms with Crippen molar-refractivity contribution in [2.45, 2.75) is 19.3 Å². The molecule has 1 fully saturated rings. The molecule has 1 saturated heterocycles. The van der Waals surface area contributed by atoms with Crippen LogP contribution in [-0.2, 0) is 14.3 Å². The molecule has 0 aromatic rings. The van der Waals surface area contributed by atoms with Gasteiger partial charge in [-0.05, 0) is 6.92 Å². The van der Waals surface area contributed by atoms with Crippen LogP contribution in [0.5, 0.6) is 0 Å². The second-order valence-electron chi connectivity index (χ2n) is 1.86. The molecule has 0 saturated carbocycles. The molecule has 0 amide bonds. The molecule has 4 nitrogen and oxygen atoms in total.